The van der Waals surface area contributed by atoms with E-state index in [1.54, 1.807) is 12.3 Å². The molecule has 0 bridgehead atoms. The van der Waals surface area contributed by atoms with E-state index in [-0.39, 0.29) is 6.10 Å². The monoisotopic (exact) mass is 288 g/mol. The summed E-state index contributed by atoms with van der Waals surface area (Å²) >= 11 is 0. The third kappa shape index (κ3) is 3.04. The van der Waals surface area contributed by atoms with Gasteiger partial charge in [-0.05, 0) is 47.6 Å². The first-order valence-corrected chi connectivity index (χ1v) is 7.08. The highest BCUT2D eigenvalue weighted by Gasteiger charge is 2.51. The van der Waals surface area contributed by atoms with E-state index in [1.165, 1.54) is 0 Å². The maximum absolute atomic E-state index is 9.25. The molecule has 1 aromatic heterocycles. The van der Waals surface area contributed by atoms with Gasteiger partial charge in [-0.15, -0.1) is 0 Å². The van der Waals surface area contributed by atoms with Crippen molar-refractivity contribution < 1.29 is 14.0 Å². The Kier molecular flexibility index (Phi) is 4.01. The highest BCUT2D eigenvalue weighted by Crippen LogP contribution is 2.36. The van der Waals surface area contributed by atoms with Gasteiger partial charge in [-0.3, -0.25) is 0 Å². The molecule has 0 radical (unpaired) electrons. The lowest BCUT2D eigenvalue weighted by Gasteiger charge is -2.32. The van der Waals surface area contributed by atoms with Gasteiger partial charge in [0.1, 0.15) is 11.6 Å². The van der Waals surface area contributed by atoms with E-state index >= 15 is 0 Å². The van der Waals surface area contributed by atoms with Crippen LogP contribution in [0, 0.1) is 11.3 Å². The van der Waals surface area contributed by atoms with Gasteiger partial charge in [-0.2, -0.15) is 5.26 Å². The second-order valence-electron chi connectivity index (χ2n) is 6.49. The fourth-order valence-corrected chi connectivity index (χ4v) is 1.97. The quantitative estimate of drug-likeness (QED) is 0.796. The number of rotatable bonds is 3. The average Bonchev–Trinajstić information content (AvgIpc) is 2.58. The van der Waals surface area contributed by atoms with E-state index in [9.17, 15) is 5.26 Å². The molecule has 6 heteroatoms. The van der Waals surface area contributed by atoms with Gasteiger partial charge in [0.2, 0.25) is 5.88 Å². The molecular weight excluding hydrogens is 267 g/mol. The standard InChI is InChI=1S/C15H21BN2O3/c1-10(2)19-13-11(8-17)7-12(9-18-13)16-20-14(3,4)15(5,6)21-16/h7,9-10H,1-6H3. The van der Waals surface area contributed by atoms with Crippen molar-refractivity contribution in [3.8, 4) is 11.9 Å². The third-order valence-corrected chi connectivity index (χ3v) is 3.87. The molecule has 5 nitrogen and oxygen atoms in total. The van der Waals surface area contributed by atoms with Gasteiger partial charge in [-0.1, -0.05) is 0 Å². The Hall–Kier alpha value is -1.58. The topological polar surface area (TPSA) is 64.4 Å². The number of nitriles is 1. The summed E-state index contributed by atoms with van der Waals surface area (Å²) in [7, 11) is -0.525. The van der Waals surface area contributed by atoms with Crippen LogP contribution >= 0.6 is 0 Å². The molecule has 1 aliphatic rings. The zero-order valence-corrected chi connectivity index (χ0v) is 13.4. The predicted octanol–water partition coefficient (Wildman–Crippen LogP) is 2.04. The first-order valence-electron chi connectivity index (χ1n) is 7.08. The lowest BCUT2D eigenvalue weighted by Crippen LogP contribution is -2.41. The van der Waals surface area contributed by atoms with Crippen molar-refractivity contribution in [3.63, 3.8) is 0 Å². The zero-order chi connectivity index (χ0) is 15.8. The van der Waals surface area contributed by atoms with Gasteiger partial charge in [0.15, 0.2) is 0 Å². The summed E-state index contributed by atoms with van der Waals surface area (Å²) in [4.78, 5) is 4.23. The fourth-order valence-electron chi connectivity index (χ4n) is 1.97. The minimum absolute atomic E-state index is 0.0349. The van der Waals surface area contributed by atoms with Crippen LogP contribution in [0.3, 0.4) is 0 Å². The molecule has 0 aliphatic carbocycles. The minimum Gasteiger partial charge on any atom is -0.474 e. The Labute approximate surface area is 126 Å². The van der Waals surface area contributed by atoms with Crippen LogP contribution in [0.2, 0.25) is 0 Å². The van der Waals surface area contributed by atoms with E-state index in [0.717, 1.165) is 5.46 Å². The summed E-state index contributed by atoms with van der Waals surface area (Å²) in [5.74, 6) is 0.341. The van der Waals surface area contributed by atoms with Gasteiger partial charge < -0.3 is 14.0 Å². The second kappa shape index (κ2) is 5.32. The van der Waals surface area contributed by atoms with Crippen LogP contribution in [0.5, 0.6) is 5.88 Å². The van der Waals surface area contributed by atoms with Crippen LogP contribution in [0.1, 0.15) is 47.1 Å². The van der Waals surface area contributed by atoms with Crippen molar-refractivity contribution in [2.45, 2.75) is 58.8 Å². The first-order chi connectivity index (χ1) is 9.66. The van der Waals surface area contributed by atoms with Crippen LogP contribution in [0.25, 0.3) is 0 Å². The van der Waals surface area contributed by atoms with Crippen molar-refractivity contribution in [1.82, 2.24) is 4.98 Å². The molecule has 1 aromatic rings. The lowest BCUT2D eigenvalue weighted by molar-refractivity contribution is 0.00578. The average molecular weight is 288 g/mol. The zero-order valence-electron chi connectivity index (χ0n) is 13.4. The number of pyridine rings is 1. The third-order valence-electron chi connectivity index (χ3n) is 3.87. The Morgan fingerprint density at radius 1 is 1.24 bits per heavy atom. The largest absolute Gasteiger partial charge is 0.496 e. The fraction of sp³-hybridized carbons (Fsp3) is 0.600. The van der Waals surface area contributed by atoms with Crippen molar-refractivity contribution >= 4 is 12.6 Å². The maximum Gasteiger partial charge on any atom is 0.496 e. The summed E-state index contributed by atoms with van der Waals surface area (Å²) in [6.45, 7) is 11.7. The van der Waals surface area contributed by atoms with Gasteiger partial charge in [0, 0.05) is 11.7 Å². The molecule has 0 spiro atoms. The summed E-state index contributed by atoms with van der Waals surface area (Å²) in [5, 5.41) is 9.25. The molecule has 1 aliphatic heterocycles. The van der Waals surface area contributed by atoms with Gasteiger partial charge in [0.25, 0.3) is 0 Å². The van der Waals surface area contributed by atoms with E-state index in [4.69, 9.17) is 14.0 Å². The number of hydrogen-bond donors (Lipinski definition) is 0. The summed E-state index contributed by atoms with van der Waals surface area (Å²) < 4.78 is 17.4. The SMILES string of the molecule is CC(C)Oc1ncc(B2OC(C)(C)C(C)(C)O2)cc1C#N. The highest BCUT2D eigenvalue weighted by molar-refractivity contribution is 6.62. The summed E-state index contributed by atoms with van der Waals surface area (Å²) in [5.41, 5.74) is 0.270. The van der Waals surface area contributed by atoms with Gasteiger partial charge in [-0.25, -0.2) is 4.98 Å². The second-order valence-corrected chi connectivity index (χ2v) is 6.49. The van der Waals surface area contributed by atoms with E-state index in [1.807, 2.05) is 41.5 Å². The van der Waals surface area contributed by atoms with Crippen LogP contribution in [0.4, 0.5) is 0 Å². The number of aromatic nitrogens is 1. The summed E-state index contributed by atoms with van der Waals surface area (Å²) in [6, 6.07) is 3.82. The molecule has 0 amide bonds. The lowest BCUT2D eigenvalue weighted by atomic mass is 9.80. The maximum atomic E-state index is 9.25. The molecular formula is C15H21BN2O3. The van der Waals surface area contributed by atoms with Crippen molar-refractivity contribution in [2.24, 2.45) is 0 Å². The number of hydrogen-bond acceptors (Lipinski definition) is 5. The molecule has 112 valence electrons. The highest BCUT2D eigenvalue weighted by atomic mass is 16.7. The molecule has 1 fully saturated rings. The molecule has 0 unspecified atom stereocenters. The Balaban J connectivity index is 2.29. The molecule has 1 saturated heterocycles. The number of ether oxygens (including phenoxy) is 1. The molecule has 2 rings (SSSR count). The van der Waals surface area contributed by atoms with Crippen LogP contribution in [-0.2, 0) is 9.31 Å². The number of nitrogens with zero attached hydrogens (tertiary/aromatic N) is 2. The van der Waals surface area contributed by atoms with E-state index in [2.05, 4.69) is 11.1 Å². The smallest absolute Gasteiger partial charge is 0.474 e. The Morgan fingerprint density at radius 2 is 1.81 bits per heavy atom. The van der Waals surface area contributed by atoms with Crippen LogP contribution < -0.4 is 10.2 Å². The van der Waals surface area contributed by atoms with Crippen molar-refractivity contribution in [2.75, 3.05) is 0 Å². The Bertz CT molecular complexity index is 563. The molecule has 0 atom stereocenters. The predicted molar refractivity (Wildman–Crippen MR) is 80.4 cm³/mol. The summed E-state index contributed by atoms with van der Waals surface area (Å²) in [6.07, 6.45) is 1.60. The van der Waals surface area contributed by atoms with Gasteiger partial charge >= 0.3 is 7.12 Å². The van der Waals surface area contributed by atoms with Gasteiger partial charge in [0.05, 0.1) is 17.3 Å². The van der Waals surface area contributed by atoms with E-state index in [0.29, 0.717) is 11.4 Å². The van der Waals surface area contributed by atoms with E-state index < -0.39 is 18.3 Å². The Morgan fingerprint density at radius 3 is 2.29 bits per heavy atom. The minimum atomic E-state index is -0.525. The molecule has 0 saturated carbocycles. The van der Waals surface area contributed by atoms with Crippen molar-refractivity contribution in [1.29, 1.82) is 5.26 Å². The molecule has 21 heavy (non-hydrogen) atoms. The van der Waals surface area contributed by atoms with Crippen molar-refractivity contribution in [3.05, 3.63) is 17.8 Å². The molecule has 2 heterocycles. The van der Waals surface area contributed by atoms with Crippen LogP contribution in [0.15, 0.2) is 12.3 Å². The molecule has 0 aromatic carbocycles. The van der Waals surface area contributed by atoms with Crippen LogP contribution in [-0.4, -0.2) is 29.4 Å². The first kappa shape index (κ1) is 15.8. The normalized spacial score (nSPS) is 19.6. The molecule has 0 N–H and O–H groups in total.